The van der Waals surface area contributed by atoms with Gasteiger partial charge >= 0.3 is 0 Å². The van der Waals surface area contributed by atoms with Gasteiger partial charge in [-0.25, -0.2) is 0 Å². The molecule has 152 valence electrons. The average molecular weight is 398 g/mol. The first-order chi connectivity index (χ1) is 14.6. The van der Waals surface area contributed by atoms with Crippen molar-refractivity contribution < 1.29 is 9.59 Å². The van der Waals surface area contributed by atoms with E-state index in [2.05, 4.69) is 38.1 Å². The Hall–Kier alpha value is -3.20. The van der Waals surface area contributed by atoms with Crippen LogP contribution in [0.4, 0.5) is 0 Å². The van der Waals surface area contributed by atoms with Crippen molar-refractivity contribution in [2.75, 3.05) is 0 Å². The van der Waals surface area contributed by atoms with E-state index in [1.54, 1.807) is 4.90 Å². The largest absolute Gasteiger partial charge is 0.274 e. The minimum atomic E-state index is -0.981. The molecule has 3 heteroatoms. The predicted molar refractivity (Wildman–Crippen MR) is 119 cm³/mol. The Labute approximate surface area is 178 Å². The van der Waals surface area contributed by atoms with Gasteiger partial charge in [-0.3, -0.25) is 14.5 Å². The second-order valence-electron chi connectivity index (χ2n) is 7.72. The molecule has 4 rings (SSSR count). The summed E-state index contributed by atoms with van der Waals surface area (Å²) in [4.78, 5) is 28.1. The summed E-state index contributed by atoms with van der Waals surface area (Å²) in [6.07, 6.45) is 2.15. The molecule has 0 aromatic heterocycles. The number of rotatable bonds is 6. The maximum atomic E-state index is 13.3. The number of hydrogen-bond acceptors (Lipinski definition) is 2. The zero-order valence-electron chi connectivity index (χ0n) is 17.6. The van der Waals surface area contributed by atoms with E-state index in [1.165, 1.54) is 0 Å². The number of carbonyl (C=O) groups is 2. The summed E-state index contributed by atoms with van der Waals surface area (Å²) in [6, 6.07) is 26.4. The Morgan fingerprint density at radius 2 is 1.10 bits per heavy atom. The smallest absolute Gasteiger partial charge is 0.231 e. The van der Waals surface area contributed by atoms with E-state index in [0.717, 1.165) is 40.7 Å². The molecular formula is C27H27NO2. The van der Waals surface area contributed by atoms with Crippen molar-refractivity contribution in [1.29, 1.82) is 0 Å². The maximum absolute atomic E-state index is 13.3. The average Bonchev–Trinajstić information content (AvgIpc) is 3.14. The first kappa shape index (κ1) is 20.1. The lowest BCUT2D eigenvalue weighted by Gasteiger charge is -2.44. The van der Waals surface area contributed by atoms with Crippen LogP contribution in [0.2, 0.25) is 0 Å². The molecule has 3 aromatic carbocycles. The minimum absolute atomic E-state index is 0.110. The van der Waals surface area contributed by atoms with Gasteiger partial charge in [0.2, 0.25) is 11.8 Å². The van der Waals surface area contributed by atoms with Crippen LogP contribution in [0.25, 0.3) is 0 Å². The highest BCUT2D eigenvalue weighted by Crippen LogP contribution is 2.47. The lowest BCUT2D eigenvalue weighted by atomic mass is 9.71. The van der Waals surface area contributed by atoms with Crippen molar-refractivity contribution in [1.82, 2.24) is 4.90 Å². The van der Waals surface area contributed by atoms with Gasteiger partial charge in [-0.15, -0.1) is 0 Å². The fourth-order valence-electron chi connectivity index (χ4n) is 4.82. The third kappa shape index (κ3) is 3.06. The quantitative estimate of drug-likeness (QED) is 0.421. The van der Waals surface area contributed by atoms with Crippen LogP contribution >= 0.6 is 0 Å². The molecule has 0 unspecified atom stereocenters. The molecule has 1 heterocycles. The Morgan fingerprint density at radius 1 is 0.667 bits per heavy atom. The predicted octanol–water partition coefficient (Wildman–Crippen LogP) is 5.25. The van der Waals surface area contributed by atoms with E-state index in [0.29, 0.717) is 0 Å². The Balaban J connectivity index is 2.20. The van der Waals surface area contributed by atoms with Gasteiger partial charge in [0.1, 0.15) is 5.54 Å². The summed E-state index contributed by atoms with van der Waals surface area (Å²) < 4.78 is 0. The molecule has 1 aliphatic rings. The summed E-state index contributed by atoms with van der Waals surface area (Å²) in [6.45, 7) is 4.24. The van der Waals surface area contributed by atoms with Crippen LogP contribution < -0.4 is 0 Å². The van der Waals surface area contributed by atoms with Gasteiger partial charge in [-0.1, -0.05) is 92.7 Å². The van der Waals surface area contributed by atoms with Gasteiger partial charge in [0.15, 0.2) is 0 Å². The fourth-order valence-corrected chi connectivity index (χ4v) is 4.82. The molecule has 1 fully saturated rings. The van der Waals surface area contributed by atoms with Crippen LogP contribution in [-0.4, -0.2) is 16.7 Å². The van der Waals surface area contributed by atoms with Crippen molar-refractivity contribution in [3.05, 3.63) is 107 Å². The van der Waals surface area contributed by atoms with E-state index in [-0.39, 0.29) is 24.7 Å². The van der Waals surface area contributed by atoms with Crippen molar-refractivity contribution >= 4 is 11.8 Å². The maximum Gasteiger partial charge on any atom is 0.231 e. The number of imide groups is 1. The summed E-state index contributed by atoms with van der Waals surface area (Å²) >= 11 is 0. The molecular weight excluding hydrogens is 370 g/mol. The number of hydrogen-bond donors (Lipinski definition) is 0. The second-order valence-corrected chi connectivity index (χ2v) is 7.72. The fraction of sp³-hybridized carbons (Fsp3) is 0.259. The van der Waals surface area contributed by atoms with E-state index < -0.39 is 5.54 Å². The van der Waals surface area contributed by atoms with Crippen molar-refractivity contribution in [2.24, 2.45) is 0 Å². The van der Waals surface area contributed by atoms with Crippen molar-refractivity contribution in [3.63, 3.8) is 0 Å². The molecule has 0 aliphatic carbocycles. The van der Waals surface area contributed by atoms with Gasteiger partial charge in [0.25, 0.3) is 0 Å². The molecule has 3 nitrogen and oxygen atoms in total. The van der Waals surface area contributed by atoms with E-state index >= 15 is 0 Å². The lowest BCUT2D eigenvalue weighted by Crippen LogP contribution is -2.51. The van der Waals surface area contributed by atoms with Crippen LogP contribution in [-0.2, 0) is 28.0 Å². The Kier molecular flexibility index (Phi) is 5.54. The van der Waals surface area contributed by atoms with Gasteiger partial charge in [-0.2, -0.15) is 0 Å². The standard InChI is InChI=1S/C27H27NO2/c1-3-20-12-8-10-16-23(20)27(22-14-6-5-7-15-22,28-25(29)18-19-26(28)30)24-17-11-9-13-21(24)4-2/h5-17H,3-4,18-19H2,1-2H3. The van der Waals surface area contributed by atoms with E-state index in [9.17, 15) is 9.59 Å². The topological polar surface area (TPSA) is 37.4 Å². The first-order valence-electron chi connectivity index (χ1n) is 10.7. The molecule has 30 heavy (non-hydrogen) atoms. The summed E-state index contributed by atoms with van der Waals surface area (Å²) in [7, 11) is 0. The number of amides is 2. The summed E-state index contributed by atoms with van der Waals surface area (Å²) in [5.74, 6) is -0.221. The van der Waals surface area contributed by atoms with Crippen molar-refractivity contribution in [3.8, 4) is 0 Å². The molecule has 0 spiro atoms. The van der Waals surface area contributed by atoms with E-state index in [1.807, 2.05) is 54.6 Å². The molecule has 1 aliphatic heterocycles. The number of aryl methyl sites for hydroxylation is 2. The van der Waals surface area contributed by atoms with Gasteiger partial charge < -0.3 is 0 Å². The molecule has 0 saturated carbocycles. The van der Waals surface area contributed by atoms with Crippen LogP contribution in [0.15, 0.2) is 78.9 Å². The molecule has 1 saturated heterocycles. The van der Waals surface area contributed by atoms with Crippen LogP contribution in [0.5, 0.6) is 0 Å². The zero-order valence-corrected chi connectivity index (χ0v) is 17.6. The zero-order chi connectivity index (χ0) is 21.1. The Bertz CT molecular complexity index is 1010. The summed E-state index contributed by atoms with van der Waals surface area (Å²) in [5, 5.41) is 0. The number of carbonyl (C=O) groups excluding carboxylic acids is 2. The molecule has 0 atom stereocenters. The third-order valence-corrected chi connectivity index (χ3v) is 6.15. The van der Waals surface area contributed by atoms with E-state index in [4.69, 9.17) is 0 Å². The van der Waals surface area contributed by atoms with Gasteiger partial charge in [-0.05, 0) is 40.7 Å². The molecule has 0 bridgehead atoms. The third-order valence-electron chi connectivity index (χ3n) is 6.15. The lowest BCUT2D eigenvalue weighted by molar-refractivity contribution is -0.143. The molecule has 0 N–H and O–H groups in total. The Morgan fingerprint density at radius 3 is 1.57 bits per heavy atom. The SMILES string of the molecule is CCc1ccccc1C(c1ccccc1)(c1ccccc1CC)N1C(=O)CCC1=O. The monoisotopic (exact) mass is 397 g/mol. The van der Waals surface area contributed by atoms with Crippen LogP contribution in [0, 0.1) is 0 Å². The van der Waals surface area contributed by atoms with Gasteiger partial charge in [0, 0.05) is 12.8 Å². The highest BCUT2D eigenvalue weighted by molar-refractivity contribution is 6.04. The van der Waals surface area contributed by atoms with Crippen molar-refractivity contribution in [2.45, 2.75) is 45.1 Å². The highest BCUT2D eigenvalue weighted by Gasteiger charge is 2.51. The van der Waals surface area contributed by atoms with Gasteiger partial charge in [0.05, 0.1) is 0 Å². The molecule has 3 aromatic rings. The van der Waals surface area contributed by atoms with Crippen LogP contribution in [0.1, 0.15) is 54.5 Å². The second kappa shape index (κ2) is 8.27. The summed E-state index contributed by atoms with van der Waals surface area (Å²) in [5.41, 5.74) is 4.24. The molecule has 0 radical (unpaired) electrons. The molecule has 2 amide bonds. The minimum Gasteiger partial charge on any atom is -0.274 e. The van der Waals surface area contributed by atoms with Crippen LogP contribution in [0.3, 0.4) is 0 Å². The number of benzene rings is 3. The normalized spacial score (nSPS) is 14.4. The number of nitrogens with zero attached hydrogens (tertiary/aromatic N) is 1. The first-order valence-corrected chi connectivity index (χ1v) is 10.7. The number of likely N-dealkylation sites (tertiary alicyclic amines) is 1. The highest BCUT2D eigenvalue weighted by atomic mass is 16.2.